The van der Waals surface area contributed by atoms with E-state index in [4.69, 9.17) is 4.74 Å². The van der Waals surface area contributed by atoms with Gasteiger partial charge in [-0.2, -0.15) is 0 Å². The van der Waals surface area contributed by atoms with Crippen LogP contribution >= 0.6 is 0 Å². The van der Waals surface area contributed by atoms with E-state index in [-0.39, 0.29) is 0 Å². The summed E-state index contributed by atoms with van der Waals surface area (Å²) in [7, 11) is 1.74. The number of ether oxygens (including phenoxy) is 1. The highest BCUT2D eigenvalue weighted by molar-refractivity contribution is 5.22. The van der Waals surface area contributed by atoms with Crippen molar-refractivity contribution in [2.75, 3.05) is 26.7 Å². The lowest BCUT2D eigenvalue weighted by atomic mass is 10.1. The van der Waals surface area contributed by atoms with Gasteiger partial charge in [0, 0.05) is 26.2 Å². The molecule has 1 aliphatic heterocycles. The second kappa shape index (κ2) is 6.88. The Morgan fingerprint density at radius 2 is 2.00 bits per heavy atom. The van der Waals surface area contributed by atoms with Gasteiger partial charge in [-0.05, 0) is 30.6 Å². The Morgan fingerprint density at radius 3 is 2.56 bits per heavy atom. The Kier molecular flexibility index (Phi) is 5.17. The summed E-state index contributed by atoms with van der Waals surface area (Å²) in [5.74, 6) is 0. The lowest BCUT2D eigenvalue weighted by Gasteiger charge is -2.27. The second-order valence-corrected chi connectivity index (χ2v) is 4.96. The normalized spacial score (nSPS) is 19.6. The fourth-order valence-electron chi connectivity index (χ4n) is 2.59. The molecule has 1 aromatic carbocycles. The third kappa shape index (κ3) is 3.55. The number of hydrogen-bond donors (Lipinski definition) is 1. The van der Waals surface area contributed by atoms with Crippen LogP contribution < -0.4 is 5.32 Å². The average Bonchev–Trinajstić information content (AvgIpc) is 2.92. The van der Waals surface area contributed by atoms with Crippen LogP contribution in [0, 0.1) is 0 Å². The zero-order valence-corrected chi connectivity index (χ0v) is 11.5. The zero-order valence-electron chi connectivity index (χ0n) is 11.5. The summed E-state index contributed by atoms with van der Waals surface area (Å²) < 4.78 is 5.13. The van der Waals surface area contributed by atoms with Gasteiger partial charge in [-0.15, -0.1) is 0 Å². The molecule has 0 amide bonds. The van der Waals surface area contributed by atoms with E-state index in [1.807, 2.05) is 0 Å². The van der Waals surface area contributed by atoms with E-state index in [0.717, 1.165) is 26.2 Å². The Labute approximate surface area is 110 Å². The summed E-state index contributed by atoms with van der Waals surface area (Å²) >= 11 is 0. The summed E-state index contributed by atoms with van der Waals surface area (Å²) in [6.45, 7) is 7.41. The van der Waals surface area contributed by atoms with E-state index in [9.17, 15) is 0 Å². The monoisotopic (exact) mass is 248 g/mol. The van der Waals surface area contributed by atoms with Gasteiger partial charge in [0.1, 0.15) is 0 Å². The highest BCUT2D eigenvalue weighted by atomic mass is 16.5. The molecular formula is C15H24N2O. The Bertz CT molecular complexity index is 344. The van der Waals surface area contributed by atoms with E-state index in [1.165, 1.54) is 17.5 Å². The van der Waals surface area contributed by atoms with Gasteiger partial charge in [-0.1, -0.05) is 31.2 Å². The van der Waals surface area contributed by atoms with Crippen molar-refractivity contribution in [3.63, 3.8) is 0 Å². The first kappa shape index (κ1) is 13.5. The minimum Gasteiger partial charge on any atom is -0.380 e. The van der Waals surface area contributed by atoms with Crippen molar-refractivity contribution in [2.45, 2.75) is 32.5 Å². The average molecular weight is 248 g/mol. The summed E-state index contributed by atoms with van der Waals surface area (Å²) in [5, 5.41) is 3.44. The number of methoxy groups -OCH3 is 1. The van der Waals surface area contributed by atoms with Crippen molar-refractivity contribution >= 4 is 0 Å². The molecule has 1 N–H and O–H groups in total. The summed E-state index contributed by atoms with van der Waals surface area (Å²) in [5.41, 5.74) is 2.63. The molecule has 1 saturated heterocycles. The van der Waals surface area contributed by atoms with Crippen molar-refractivity contribution in [2.24, 2.45) is 0 Å². The molecule has 1 fully saturated rings. The van der Waals surface area contributed by atoms with Crippen LogP contribution in [0.25, 0.3) is 0 Å². The van der Waals surface area contributed by atoms with E-state index in [2.05, 4.69) is 41.4 Å². The van der Waals surface area contributed by atoms with Crippen LogP contribution in [0.1, 0.15) is 24.5 Å². The van der Waals surface area contributed by atoms with E-state index < -0.39 is 0 Å². The number of rotatable bonds is 6. The molecular weight excluding hydrogens is 224 g/mol. The second-order valence-electron chi connectivity index (χ2n) is 4.96. The van der Waals surface area contributed by atoms with Gasteiger partial charge >= 0.3 is 0 Å². The van der Waals surface area contributed by atoms with Gasteiger partial charge in [-0.3, -0.25) is 4.90 Å². The van der Waals surface area contributed by atoms with Crippen molar-refractivity contribution in [3.05, 3.63) is 35.4 Å². The molecule has 0 radical (unpaired) electrons. The maximum Gasteiger partial charge on any atom is 0.0713 e. The first-order chi connectivity index (χ1) is 8.83. The van der Waals surface area contributed by atoms with E-state index in [1.54, 1.807) is 7.11 Å². The van der Waals surface area contributed by atoms with Gasteiger partial charge in [0.05, 0.1) is 6.61 Å². The number of nitrogens with zero attached hydrogens (tertiary/aromatic N) is 1. The highest BCUT2D eigenvalue weighted by Gasteiger charge is 2.20. The van der Waals surface area contributed by atoms with Crippen molar-refractivity contribution in [1.82, 2.24) is 10.2 Å². The standard InChI is InChI=1S/C15H24N2O/c1-3-17(15-8-9-16-10-15)11-13-4-6-14(7-5-13)12-18-2/h4-7,15-16H,3,8-12H2,1-2H3. The smallest absolute Gasteiger partial charge is 0.0713 e. The first-order valence-corrected chi connectivity index (χ1v) is 6.85. The van der Waals surface area contributed by atoms with Crippen molar-refractivity contribution < 1.29 is 4.74 Å². The van der Waals surface area contributed by atoms with Crippen LogP contribution in [0.5, 0.6) is 0 Å². The molecule has 18 heavy (non-hydrogen) atoms. The third-order valence-corrected chi connectivity index (χ3v) is 3.68. The molecule has 1 atom stereocenters. The fourth-order valence-corrected chi connectivity index (χ4v) is 2.59. The number of benzene rings is 1. The minimum atomic E-state index is 0.699. The molecule has 1 heterocycles. The maximum atomic E-state index is 5.13. The maximum absolute atomic E-state index is 5.13. The molecule has 1 aromatic rings. The lowest BCUT2D eigenvalue weighted by Crippen LogP contribution is -2.36. The number of hydrogen-bond acceptors (Lipinski definition) is 3. The summed E-state index contributed by atoms with van der Waals surface area (Å²) in [6.07, 6.45) is 1.27. The van der Waals surface area contributed by atoms with Crippen LogP contribution in [-0.2, 0) is 17.9 Å². The predicted molar refractivity (Wildman–Crippen MR) is 74.5 cm³/mol. The molecule has 1 aliphatic rings. The number of likely N-dealkylation sites (N-methyl/N-ethyl adjacent to an activating group) is 1. The van der Waals surface area contributed by atoms with Gasteiger partial charge in [0.2, 0.25) is 0 Å². The van der Waals surface area contributed by atoms with Crippen molar-refractivity contribution in [3.8, 4) is 0 Å². The molecule has 0 aromatic heterocycles. The topological polar surface area (TPSA) is 24.5 Å². The van der Waals surface area contributed by atoms with Crippen molar-refractivity contribution in [1.29, 1.82) is 0 Å². The largest absolute Gasteiger partial charge is 0.380 e. The van der Waals surface area contributed by atoms with Crippen LogP contribution in [0.3, 0.4) is 0 Å². The Balaban J connectivity index is 1.93. The molecule has 3 nitrogen and oxygen atoms in total. The molecule has 0 saturated carbocycles. The Hall–Kier alpha value is -0.900. The fraction of sp³-hybridized carbons (Fsp3) is 0.600. The van der Waals surface area contributed by atoms with Crippen LogP contribution in [0.2, 0.25) is 0 Å². The number of nitrogens with one attached hydrogen (secondary N) is 1. The van der Waals surface area contributed by atoms with E-state index >= 15 is 0 Å². The lowest BCUT2D eigenvalue weighted by molar-refractivity contribution is 0.184. The van der Waals surface area contributed by atoms with E-state index in [0.29, 0.717) is 12.6 Å². The summed E-state index contributed by atoms with van der Waals surface area (Å²) in [6, 6.07) is 9.48. The van der Waals surface area contributed by atoms with Gasteiger partial charge < -0.3 is 10.1 Å². The quantitative estimate of drug-likeness (QED) is 0.833. The Morgan fingerprint density at radius 1 is 1.28 bits per heavy atom. The van der Waals surface area contributed by atoms with Crippen LogP contribution in [0.4, 0.5) is 0 Å². The van der Waals surface area contributed by atoms with Crippen LogP contribution in [-0.4, -0.2) is 37.7 Å². The highest BCUT2D eigenvalue weighted by Crippen LogP contribution is 2.14. The molecule has 0 aliphatic carbocycles. The minimum absolute atomic E-state index is 0.699. The molecule has 3 heteroatoms. The zero-order chi connectivity index (χ0) is 12.8. The first-order valence-electron chi connectivity index (χ1n) is 6.85. The van der Waals surface area contributed by atoms with Gasteiger partial charge in [-0.25, -0.2) is 0 Å². The summed E-state index contributed by atoms with van der Waals surface area (Å²) in [4.78, 5) is 2.56. The predicted octanol–water partition coefficient (Wildman–Crippen LogP) is 2.02. The van der Waals surface area contributed by atoms with Crippen LogP contribution in [0.15, 0.2) is 24.3 Å². The molecule has 2 rings (SSSR count). The molecule has 1 unspecified atom stereocenters. The molecule has 0 spiro atoms. The molecule has 100 valence electrons. The SMILES string of the molecule is CCN(Cc1ccc(COC)cc1)C1CCNC1. The van der Waals surface area contributed by atoms with Gasteiger partial charge in [0.15, 0.2) is 0 Å². The molecule has 0 bridgehead atoms. The van der Waals surface area contributed by atoms with Gasteiger partial charge in [0.25, 0.3) is 0 Å². The third-order valence-electron chi connectivity index (χ3n) is 3.68.